The molecule has 2 aromatic rings. The number of amides is 1. The summed E-state index contributed by atoms with van der Waals surface area (Å²) in [5, 5.41) is 0. The summed E-state index contributed by atoms with van der Waals surface area (Å²) in [6.07, 6.45) is 8.91. The van der Waals surface area contributed by atoms with Gasteiger partial charge in [-0.15, -0.1) is 0 Å². The fourth-order valence-electron chi connectivity index (χ4n) is 4.14. The van der Waals surface area contributed by atoms with Gasteiger partial charge in [-0.25, -0.2) is 4.98 Å². The second-order valence-corrected chi connectivity index (χ2v) is 8.44. The summed E-state index contributed by atoms with van der Waals surface area (Å²) >= 11 is 0. The average molecular weight is 426 g/mol. The smallest absolute Gasteiger partial charge is 0.272 e. The molecule has 0 bridgehead atoms. The number of piperidine rings is 1. The van der Waals surface area contributed by atoms with Gasteiger partial charge in [-0.05, 0) is 38.0 Å². The van der Waals surface area contributed by atoms with Gasteiger partial charge >= 0.3 is 0 Å². The van der Waals surface area contributed by atoms with Crippen LogP contribution in [0.4, 0.5) is 0 Å². The van der Waals surface area contributed by atoms with E-state index in [-0.39, 0.29) is 5.91 Å². The minimum Gasteiger partial charge on any atom is -0.496 e. The summed E-state index contributed by atoms with van der Waals surface area (Å²) in [5.74, 6) is 3.09. The Morgan fingerprint density at radius 3 is 2.42 bits per heavy atom. The Morgan fingerprint density at radius 1 is 1.00 bits per heavy atom. The SMILES string of the molecule is COc1cc(C(=O)N2CCC(c3cnc(C)cc3OC)CC2)ncc1OCCC1CC1. The van der Waals surface area contributed by atoms with Crippen LogP contribution in [0.2, 0.25) is 0 Å². The van der Waals surface area contributed by atoms with Crippen LogP contribution in [0.3, 0.4) is 0 Å². The van der Waals surface area contributed by atoms with E-state index in [2.05, 4.69) is 9.97 Å². The Labute approximate surface area is 183 Å². The number of likely N-dealkylation sites (tertiary alicyclic amines) is 1. The Kier molecular flexibility index (Phi) is 6.59. The highest BCUT2D eigenvalue weighted by atomic mass is 16.5. The second-order valence-electron chi connectivity index (χ2n) is 8.44. The summed E-state index contributed by atoms with van der Waals surface area (Å²) in [7, 11) is 3.28. The molecule has 0 aromatic carbocycles. The number of rotatable bonds is 8. The minimum atomic E-state index is -0.0738. The molecular formula is C24H31N3O4. The molecule has 1 saturated carbocycles. The fraction of sp³-hybridized carbons (Fsp3) is 0.542. The minimum absolute atomic E-state index is 0.0738. The number of methoxy groups -OCH3 is 2. The van der Waals surface area contributed by atoms with E-state index in [9.17, 15) is 4.79 Å². The van der Waals surface area contributed by atoms with Gasteiger partial charge in [0.25, 0.3) is 5.91 Å². The molecule has 1 aliphatic heterocycles. The van der Waals surface area contributed by atoms with Crippen molar-refractivity contribution in [2.75, 3.05) is 33.9 Å². The maximum Gasteiger partial charge on any atom is 0.272 e. The van der Waals surface area contributed by atoms with Gasteiger partial charge in [0.05, 0.1) is 27.0 Å². The first-order chi connectivity index (χ1) is 15.1. The van der Waals surface area contributed by atoms with E-state index in [1.807, 2.05) is 24.1 Å². The van der Waals surface area contributed by atoms with E-state index >= 15 is 0 Å². The van der Waals surface area contributed by atoms with Gasteiger partial charge in [-0.2, -0.15) is 0 Å². The predicted octanol–water partition coefficient (Wildman–Crippen LogP) is 4.00. The largest absolute Gasteiger partial charge is 0.496 e. The zero-order chi connectivity index (χ0) is 21.8. The number of carbonyl (C=O) groups is 1. The molecule has 166 valence electrons. The number of aromatic nitrogens is 2. The van der Waals surface area contributed by atoms with Crippen LogP contribution in [0, 0.1) is 12.8 Å². The first kappa shape index (κ1) is 21.4. The number of carbonyl (C=O) groups excluding carboxylic acids is 1. The molecule has 3 heterocycles. The van der Waals surface area contributed by atoms with Gasteiger partial charge in [0.2, 0.25) is 0 Å². The molecule has 1 saturated heterocycles. The topological polar surface area (TPSA) is 73.8 Å². The average Bonchev–Trinajstić information content (AvgIpc) is 3.63. The molecule has 2 fully saturated rings. The normalized spacial score (nSPS) is 16.8. The van der Waals surface area contributed by atoms with Gasteiger partial charge in [0.15, 0.2) is 11.5 Å². The number of hydrogen-bond acceptors (Lipinski definition) is 6. The Hall–Kier alpha value is -2.83. The zero-order valence-corrected chi connectivity index (χ0v) is 18.6. The number of ether oxygens (including phenoxy) is 3. The lowest BCUT2D eigenvalue weighted by molar-refractivity contribution is 0.0706. The third-order valence-electron chi connectivity index (χ3n) is 6.22. The van der Waals surface area contributed by atoms with Gasteiger partial charge in [0.1, 0.15) is 11.4 Å². The standard InChI is InChI=1S/C24H31N3O4/c1-16-12-21(29-2)19(14-25-16)18-6-9-27(10-7-18)24(28)20-13-22(30-3)23(15-26-20)31-11-8-17-4-5-17/h12-15,17-18H,4-11H2,1-3H3. The molecule has 31 heavy (non-hydrogen) atoms. The van der Waals surface area contributed by atoms with Gasteiger partial charge in [0, 0.05) is 42.7 Å². The van der Waals surface area contributed by atoms with Crippen molar-refractivity contribution < 1.29 is 19.0 Å². The molecule has 1 amide bonds. The van der Waals surface area contributed by atoms with Crippen molar-refractivity contribution in [3.05, 3.63) is 41.5 Å². The molecule has 0 N–H and O–H groups in total. The molecular weight excluding hydrogens is 394 g/mol. The molecule has 0 atom stereocenters. The lowest BCUT2D eigenvalue weighted by Gasteiger charge is -2.32. The number of hydrogen-bond donors (Lipinski definition) is 0. The van der Waals surface area contributed by atoms with Gasteiger partial charge < -0.3 is 19.1 Å². The van der Waals surface area contributed by atoms with Crippen molar-refractivity contribution in [2.45, 2.75) is 44.9 Å². The Bertz CT molecular complexity index is 921. The predicted molar refractivity (Wildman–Crippen MR) is 117 cm³/mol. The van der Waals surface area contributed by atoms with Crippen molar-refractivity contribution in [1.82, 2.24) is 14.9 Å². The van der Waals surface area contributed by atoms with Crippen LogP contribution in [0.25, 0.3) is 0 Å². The number of aryl methyl sites for hydroxylation is 1. The lowest BCUT2D eigenvalue weighted by Crippen LogP contribution is -2.38. The maximum absolute atomic E-state index is 13.0. The molecule has 7 heteroatoms. The molecule has 0 radical (unpaired) electrons. The molecule has 0 unspecified atom stereocenters. The third kappa shape index (κ3) is 5.09. The van der Waals surface area contributed by atoms with Crippen LogP contribution in [0.5, 0.6) is 17.2 Å². The van der Waals surface area contributed by atoms with Crippen molar-refractivity contribution >= 4 is 5.91 Å². The Morgan fingerprint density at radius 2 is 1.74 bits per heavy atom. The summed E-state index contributed by atoms with van der Waals surface area (Å²) < 4.78 is 16.8. The van der Waals surface area contributed by atoms with E-state index in [0.29, 0.717) is 42.8 Å². The molecule has 2 aromatic heterocycles. The van der Waals surface area contributed by atoms with Crippen LogP contribution in [-0.4, -0.2) is 54.7 Å². The summed E-state index contributed by atoms with van der Waals surface area (Å²) in [5.41, 5.74) is 2.44. The van der Waals surface area contributed by atoms with E-state index < -0.39 is 0 Å². The number of nitrogens with zero attached hydrogens (tertiary/aromatic N) is 3. The van der Waals surface area contributed by atoms with E-state index in [1.54, 1.807) is 26.5 Å². The Balaban J connectivity index is 1.37. The van der Waals surface area contributed by atoms with Crippen molar-refractivity contribution in [3.63, 3.8) is 0 Å². The third-order valence-corrected chi connectivity index (χ3v) is 6.22. The molecule has 0 spiro atoms. The first-order valence-corrected chi connectivity index (χ1v) is 11.1. The van der Waals surface area contributed by atoms with Crippen LogP contribution < -0.4 is 14.2 Å². The van der Waals surface area contributed by atoms with Crippen molar-refractivity contribution in [1.29, 1.82) is 0 Å². The highest BCUT2D eigenvalue weighted by molar-refractivity contribution is 5.93. The molecule has 4 rings (SSSR count). The van der Waals surface area contributed by atoms with Crippen molar-refractivity contribution in [2.24, 2.45) is 5.92 Å². The fourth-order valence-corrected chi connectivity index (χ4v) is 4.14. The lowest BCUT2D eigenvalue weighted by atomic mass is 9.89. The van der Waals surface area contributed by atoms with Crippen LogP contribution in [0.1, 0.15) is 59.8 Å². The van der Waals surface area contributed by atoms with E-state index in [1.165, 1.54) is 12.8 Å². The monoisotopic (exact) mass is 425 g/mol. The second kappa shape index (κ2) is 9.54. The highest BCUT2D eigenvalue weighted by Crippen LogP contribution is 2.35. The van der Waals surface area contributed by atoms with E-state index in [0.717, 1.165) is 42.2 Å². The first-order valence-electron chi connectivity index (χ1n) is 11.1. The summed E-state index contributed by atoms with van der Waals surface area (Å²) in [4.78, 5) is 23.7. The van der Waals surface area contributed by atoms with Crippen LogP contribution >= 0.6 is 0 Å². The van der Waals surface area contributed by atoms with Gasteiger partial charge in [-0.1, -0.05) is 12.8 Å². The van der Waals surface area contributed by atoms with Crippen LogP contribution in [0.15, 0.2) is 24.5 Å². The quantitative estimate of drug-likeness (QED) is 0.636. The summed E-state index contributed by atoms with van der Waals surface area (Å²) in [6, 6.07) is 3.66. The van der Waals surface area contributed by atoms with Gasteiger partial charge in [-0.3, -0.25) is 9.78 Å². The van der Waals surface area contributed by atoms with Crippen molar-refractivity contribution in [3.8, 4) is 17.2 Å². The van der Waals surface area contributed by atoms with E-state index in [4.69, 9.17) is 14.2 Å². The number of pyridine rings is 2. The zero-order valence-electron chi connectivity index (χ0n) is 18.6. The summed E-state index contributed by atoms with van der Waals surface area (Å²) in [6.45, 7) is 3.95. The molecule has 1 aliphatic carbocycles. The highest BCUT2D eigenvalue weighted by Gasteiger charge is 2.28. The molecule has 7 nitrogen and oxygen atoms in total. The molecule has 2 aliphatic rings. The van der Waals surface area contributed by atoms with Crippen LogP contribution in [-0.2, 0) is 0 Å². The maximum atomic E-state index is 13.0.